The molecular formula is C29H36F4N4O5S. The van der Waals surface area contributed by atoms with Gasteiger partial charge >= 0.3 is 6.09 Å². The van der Waals surface area contributed by atoms with E-state index in [0.717, 1.165) is 18.6 Å². The van der Waals surface area contributed by atoms with Crippen LogP contribution in [0.3, 0.4) is 0 Å². The van der Waals surface area contributed by atoms with Crippen LogP contribution in [0, 0.1) is 17.6 Å². The van der Waals surface area contributed by atoms with Crippen LogP contribution in [0.5, 0.6) is 0 Å². The molecule has 43 heavy (non-hydrogen) atoms. The molecule has 3 fully saturated rings. The third-order valence-corrected chi connectivity index (χ3v) is 10.7. The molecule has 2 heterocycles. The number of carboxylic acid groups (broad SMARTS) is 1. The monoisotopic (exact) mass is 628 g/mol. The van der Waals surface area contributed by atoms with E-state index in [4.69, 9.17) is 0 Å². The molecular weight excluding hydrogens is 592 g/mol. The first kappa shape index (κ1) is 31.5. The van der Waals surface area contributed by atoms with Gasteiger partial charge in [-0.2, -0.15) is 0 Å². The number of nitrogens with one attached hydrogen (secondary N) is 3. The molecule has 9 nitrogen and oxygen atoms in total. The number of fused-ring (bicyclic) bond motifs is 2. The fourth-order valence-electron chi connectivity index (χ4n) is 6.56. The lowest BCUT2D eigenvalue weighted by Gasteiger charge is -2.49. The molecule has 2 aromatic carbocycles. The van der Waals surface area contributed by atoms with E-state index >= 15 is 4.39 Å². The number of nitrogens with zero attached hydrogens (tertiary/aromatic N) is 1. The summed E-state index contributed by atoms with van der Waals surface area (Å²) in [6.07, 6.45) is -0.739. The lowest BCUT2D eigenvalue weighted by molar-refractivity contribution is -0.130. The van der Waals surface area contributed by atoms with Crippen LogP contribution in [0.4, 0.5) is 28.0 Å². The fourth-order valence-corrected chi connectivity index (χ4v) is 8.42. The number of carbonyl (C=O) groups is 2. The summed E-state index contributed by atoms with van der Waals surface area (Å²) in [5.74, 6) is -6.58. The maximum atomic E-state index is 15.2. The minimum absolute atomic E-state index is 0.0862. The van der Waals surface area contributed by atoms with Crippen molar-refractivity contribution in [3.63, 3.8) is 0 Å². The summed E-state index contributed by atoms with van der Waals surface area (Å²) < 4.78 is 79.8. The Morgan fingerprint density at radius 1 is 1.12 bits per heavy atom. The highest BCUT2D eigenvalue weighted by atomic mass is 32.3. The highest BCUT2D eigenvalue weighted by Crippen LogP contribution is 2.51. The second-order valence-electron chi connectivity index (χ2n) is 11.7. The summed E-state index contributed by atoms with van der Waals surface area (Å²) in [5.41, 5.74) is 0.546. The van der Waals surface area contributed by atoms with E-state index in [1.165, 1.54) is 30.3 Å². The molecule has 3 aliphatic rings. The molecule has 2 bridgehead atoms. The Balaban J connectivity index is 1.38. The molecule has 14 heteroatoms. The number of carbonyl (C=O) groups excluding carboxylic acids is 1. The molecule has 236 valence electrons. The van der Waals surface area contributed by atoms with Gasteiger partial charge in [-0.05, 0) is 61.4 Å². The van der Waals surface area contributed by atoms with Crippen molar-refractivity contribution in [2.75, 3.05) is 24.2 Å². The highest BCUT2D eigenvalue weighted by Gasteiger charge is 2.52. The zero-order valence-corrected chi connectivity index (χ0v) is 24.1. The van der Waals surface area contributed by atoms with Gasteiger partial charge in [0.1, 0.15) is 17.7 Å². The molecule has 2 saturated heterocycles. The smallest absolute Gasteiger partial charge is 0.405 e. The number of amides is 2. The van der Waals surface area contributed by atoms with Crippen LogP contribution in [-0.4, -0.2) is 73.4 Å². The average Bonchev–Trinajstić information content (AvgIpc) is 3.03. The summed E-state index contributed by atoms with van der Waals surface area (Å²) in [6.45, 7) is 0.939. The van der Waals surface area contributed by atoms with Crippen LogP contribution in [0.15, 0.2) is 42.5 Å². The molecule has 5 atom stereocenters. The lowest BCUT2D eigenvalue weighted by atomic mass is 9.67. The van der Waals surface area contributed by atoms with Gasteiger partial charge < -0.3 is 21.1 Å². The summed E-state index contributed by atoms with van der Waals surface area (Å²) in [7, 11) is -2.97. The van der Waals surface area contributed by atoms with E-state index in [0.29, 0.717) is 31.5 Å². The van der Waals surface area contributed by atoms with E-state index in [2.05, 4.69) is 16.0 Å². The molecule has 1 saturated carbocycles. The topological polar surface area (TPSA) is 134 Å². The van der Waals surface area contributed by atoms with Gasteiger partial charge in [-0.25, -0.2) is 26.7 Å². The van der Waals surface area contributed by atoms with Gasteiger partial charge in [-0.3, -0.25) is 13.9 Å². The first-order chi connectivity index (χ1) is 20.3. The maximum absolute atomic E-state index is 15.2. The van der Waals surface area contributed by atoms with Crippen LogP contribution in [0.1, 0.15) is 49.1 Å². The Hall–Kier alpha value is -2.91. The molecule has 0 spiro atoms. The Morgan fingerprint density at radius 2 is 1.84 bits per heavy atom. The van der Waals surface area contributed by atoms with E-state index in [1.54, 1.807) is 4.31 Å². The summed E-state index contributed by atoms with van der Waals surface area (Å²) in [6, 6.07) is 7.28. The number of rotatable bonds is 9. The van der Waals surface area contributed by atoms with Crippen molar-refractivity contribution in [2.24, 2.45) is 5.92 Å². The Labute approximate surface area is 248 Å². The van der Waals surface area contributed by atoms with Gasteiger partial charge in [0.05, 0.1) is 5.75 Å². The average molecular weight is 629 g/mol. The molecule has 0 radical (unpaired) electrons. The maximum Gasteiger partial charge on any atom is 0.405 e. The minimum atomic E-state index is -2.97. The predicted octanol–water partition coefficient (Wildman–Crippen LogP) is 5.40. The van der Waals surface area contributed by atoms with E-state index in [1.807, 2.05) is 0 Å². The SMILES string of the molecule is O=C(O)N[C@H](C(=O)Nc1cccc(F)c1CCC1CNC2CCCS(O)(O)N1C2)[C@H](c1ccc(F)cc1)C1CC(F)(F)C1. The summed E-state index contributed by atoms with van der Waals surface area (Å²) in [5, 5.41) is 17.7. The molecule has 3 unspecified atom stereocenters. The lowest BCUT2D eigenvalue weighted by Crippen LogP contribution is -2.55. The zero-order valence-electron chi connectivity index (χ0n) is 23.3. The van der Waals surface area contributed by atoms with Crippen molar-refractivity contribution >= 4 is 28.5 Å². The van der Waals surface area contributed by atoms with Crippen molar-refractivity contribution in [3.8, 4) is 0 Å². The van der Waals surface area contributed by atoms with Gasteiger partial charge in [0, 0.05) is 55.2 Å². The molecule has 6 N–H and O–H groups in total. The molecule has 5 rings (SSSR count). The first-order valence-corrected chi connectivity index (χ1v) is 16.0. The van der Waals surface area contributed by atoms with Gasteiger partial charge in [-0.1, -0.05) is 18.2 Å². The van der Waals surface area contributed by atoms with Crippen molar-refractivity contribution in [3.05, 3.63) is 65.2 Å². The molecule has 2 aromatic rings. The van der Waals surface area contributed by atoms with Crippen molar-refractivity contribution in [2.45, 2.75) is 68.5 Å². The van der Waals surface area contributed by atoms with Crippen molar-refractivity contribution in [1.29, 1.82) is 0 Å². The second-order valence-corrected chi connectivity index (χ2v) is 13.8. The quantitative estimate of drug-likeness (QED) is 0.205. The van der Waals surface area contributed by atoms with Gasteiger partial charge in [-0.15, -0.1) is 10.8 Å². The third-order valence-electron chi connectivity index (χ3n) is 8.71. The van der Waals surface area contributed by atoms with Crippen LogP contribution >= 0.6 is 10.8 Å². The molecule has 1 aliphatic carbocycles. The Morgan fingerprint density at radius 3 is 2.51 bits per heavy atom. The normalized spacial score (nSPS) is 26.7. The summed E-state index contributed by atoms with van der Waals surface area (Å²) in [4.78, 5) is 25.4. The number of alkyl halides is 2. The third kappa shape index (κ3) is 7.26. The van der Waals surface area contributed by atoms with Gasteiger partial charge in [0.15, 0.2) is 0 Å². The zero-order chi connectivity index (χ0) is 30.9. The fraction of sp³-hybridized carbons (Fsp3) is 0.517. The van der Waals surface area contributed by atoms with E-state index < -0.39 is 71.1 Å². The first-order valence-electron chi connectivity index (χ1n) is 14.3. The molecule has 0 aromatic heterocycles. The summed E-state index contributed by atoms with van der Waals surface area (Å²) >= 11 is 0. The number of piperazine rings is 1. The Bertz CT molecular complexity index is 1330. The van der Waals surface area contributed by atoms with E-state index in [-0.39, 0.29) is 35.5 Å². The Kier molecular flexibility index (Phi) is 9.23. The van der Waals surface area contributed by atoms with Crippen LogP contribution in [0.25, 0.3) is 0 Å². The minimum Gasteiger partial charge on any atom is -0.465 e. The highest BCUT2D eigenvalue weighted by molar-refractivity contribution is 8.22. The number of halogens is 4. The van der Waals surface area contributed by atoms with Crippen molar-refractivity contribution in [1.82, 2.24) is 14.9 Å². The predicted molar refractivity (Wildman–Crippen MR) is 154 cm³/mol. The number of hydrogen-bond acceptors (Lipinski definition) is 6. The molecule has 2 aliphatic heterocycles. The van der Waals surface area contributed by atoms with Crippen LogP contribution < -0.4 is 16.0 Å². The number of benzene rings is 2. The van der Waals surface area contributed by atoms with Crippen LogP contribution in [-0.2, 0) is 11.2 Å². The second kappa shape index (κ2) is 12.6. The van der Waals surface area contributed by atoms with Crippen LogP contribution in [0.2, 0.25) is 0 Å². The molecule has 2 amide bonds. The van der Waals surface area contributed by atoms with Gasteiger partial charge in [0.2, 0.25) is 11.8 Å². The van der Waals surface area contributed by atoms with Crippen molar-refractivity contribution < 1.29 is 41.4 Å². The number of hydrogen-bond donors (Lipinski definition) is 6. The largest absolute Gasteiger partial charge is 0.465 e. The number of anilines is 1. The van der Waals surface area contributed by atoms with Gasteiger partial charge in [0.25, 0.3) is 0 Å². The van der Waals surface area contributed by atoms with E-state index in [9.17, 15) is 37.0 Å². The standard InChI is InChI=1S/C29H36F4N4O5S/c30-19-8-6-17(7-9-19)25(18-13-29(32,33)14-18)26(36-28(39)40)27(38)35-24-5-1-4-23(31)22(24)11-10-21-15-34-20-3-2-12-43(41,42)37(21)16-20/h1,4-9,18,20-21,25-26,34,36,41-42H,2-3,10-16H2,(H,35,38)(H,39,40)/t20?,21?,25-,26+/m1/s1.